The van der Waals surface area contributed by atoms with E-state index in [0.29, 0.717) is 33.5 Å². The summed E-state index contributed by atoms with van der Waals surface area (Å²) in [7, 11) is 0. The maximum absolute atomic E-state index is 11.1. The highest BCUT2D eigenvalue weighted by Crippen LogP contribution is 2.77. The van der Waals surface area contributed by atoms with Crippen molar-refractivity contribution in [1.82, 2.24) is 15.1 Å². The molecule has 52 heavy (non-hydrogen) atoms. The van der Waals surface area contributed by atoms with Gasteiger partial charge >= 0.3 is 0 Å². The summed E-state index contributed by atoms with van der Waals surface area (Å²) in [6.07, 6.45) is 14.5. The van der Waals surface area contributed by atoms with Gasteiger partial charge in [0.05, 0.1) is 6.10 Å². The van der Waals surface area contributed by atoms with Gasteiger partial charge in [0.2, 0.25) is 0 Å². The monoisotopic (exact) mass is 708 g/mol. The summed E-state index contributed by atoms with van der Waals surface area (Å²) in [5.41, 5.74) is 4.57. The number of nitrogens with one attached hydrogen (secondary N) is 1. The van der Waals surface area contributed by atoms with Gasteiger partial charge in [-0.2, -0.15) is 0 Å². The van der Waals surface area contributed by atoms with E-state index >= 15 is 0 Å². The van der Waals surface area contributed by atoms with E-state index in [-0.39, 0.29) is 11.5 Å². The van der Waals surface area contributed by atoms with Crippen LogP contribution in [0.3, 0.4) is 0 Å². The van der Waals surface area contributed by atoms with Gasteiger partial charge in [0, 0.05) is 45.8 Å². The second-order valence-electron chi connectivity index (χ2n) is 20.7. The van der Waals surface area contributed by atoms with Gasteiger partial charge in [-0.25, -0.2) is 0 Å². The Labute approximate surface area is 317 Å². The Morgan fingerprint density at radius 2 is 1.52 bits per heavy atom. The minimum Gasteiger partial charge on any atom is -0.393 e. The lowest BCUT2D eigenvalue weighted by molar-refractivity contribution is -0.247. The summed E-state index contributed by atoms with van der Waals surface area (Å²) in [4.78, 5) is 5.33. The summed E-state index contributed by atoms with van der Waals surface area (Å²) in [5.74, 6) is 3.75. The second kappa shape index (κ2) is 13.8. The largest absolute Gasteiger partial charge is 0.393 e. The molecular formula is C48H73N3O. The molecule has 0 bridgehead atoms. The van der Waals surface area contributed by atoms with Crippen LogP contribution in [0.2, 0.25) is 0 Å². The van der Waals surface area contributed by atoms with Crippen LogP contribution in [0.25, 0.3) is 10.8 Å². The number of nitrogens with zero attached hydrogens (tertiary/aromatic N) is 2. The van der Waals surface area contributed by atoms with E-state index in [9.17, 15) is 5.11 Å². The summed E-state index contributed by atoms with van der Waals surface area (Å²) < 4.78 is 0. The van der Waals surface area contributed by atoms with Gasteiger partial charge in [-0.05, 0) is 163 Å². The van der Waals surface area contributed by atoms with Crippen molar-refractivity contribution in [2.45, 2.75) is 125 Å². The van der Waals surface area contributed by atoms with Gasteiger partial charge in [-0.3, -0.25) is 9.80 Å². The van der Waals surface area contributed by atoms with Gasteiger partial charge in [0.1, 0.15) is 0 Å². The molecular weight excluding hydrogens is 635 g/mol. The van der Waals surface area contributed by atoms with Gasteiger partial charge in [-0.1, -0.05) is 83.2 Å². The molecule has 4 nitrogen and oxygen atoms in total. The molecule has 0 aromatic heterocycles. The van der Waals surface area contributed by atoms with Crippen LogP contribution in [0, 0.1) is 56.7 Å². The van der Waals surface area contributed by atoms with Crippen LogP contribution in [-0.2, 0) is 6.54 Å². The predicted octanol–water partition coefficient (Wildman–Crippen LogP) is 9.96. The first-order valence-electron chi connectivity index (χ1n) is 21.8. The maximum atomic E-state index is 11.1. The number of benzene rings is 2. The van der Waals surface area contributed by atoms with Crippen LogP contribution in [0.1, 0.15) is 118 Å². The average molecular weight is 708 g/mol. The molecule has 6 aliphatic rings. The number of allylic oxidation sites excluding steroid dienone is 1. The third kappa shape index (κ3) is 5.99. The molecule has 6 fully saturated rings. The first-order valence-corrected chi connectivity index (χ1v) is 21.8. The molecule has 1 aliphatic heterocycles. The normalized spacial score (nSPS) is 41.9. The fraction of sp³-hybridized carbons (Fsp3) is 0.750. The lowest BCUT2D eigenvalue weighted by Crippen LogP contribution is -2.66. The topological polar surface area (TPSA) is 38.7 Å². The highest BCUT2D eigenvalue weighted by atomic mass is 16.3. The zero-order valence-electron chi connectivity index (χ0n) is 34.0. The van der Waals surface area contributed by atoms with Gasteiger partial charge in [-0.15, -0.1) is 0 Å². The Hall–Kier alpha value is -1.72. The number of fused-ring (bicyclic) bond motifs is 8. The SMILES string of the molecule is C=C(C)[C@@H]1CC[C@]2(CCNCCN3CCN(Cc4ccc5ccccc5c4)CC3)CC[C@]3(C)[C@H](CC[C@@H]4[C@@]5(C)CC[C@H](O)C(C)(C)[C@@H]5CC[C@]43C)[C@@H]12. The molecule has 8 rings (SSSR count). The van der Waals surface area contributed by atoms with Crippen molar-refractivity contribution in [1.29, 1.82) is 0 Å². The van der Waals surface area contributed by atoms with Crippen molar-refractivity contribution in [3.05, 3.63) is 60.2 Å². The van der Waals surface area contributed by atoms with Gasteiger partial charge < -0.3 is 10.4 Å². The Morgan fingerprint density at radius 3 is 2.29 bits per heavy atom. The fourth-order valence-electron chi connectivity index (χ4n) is 15.2. The molecule has 1 heterocycles. The molecule has 0 unspecified atom stereocenters. The highest BCUT2D eigenvalue weighted by Gasteiger charge is 2.70. The molecule has 1 saturated heterocycles. The quantitative estimate of drug-likeness (QED) is 0.201. The molecule has 0 amide bonds. The van der Waals surface area contributed by atoms with Crippen LogP contribution in [-0.4, -0.2) is 66.8 Å². The first kappa shape index (κ1) is 37.2. The van der Waals surface area contributed by atoms with Crippen molar-refractivity contribution in [3.8, 4) is 0 Å². The Bertz CT molecular complexity index is 1610. The summed E-state index contributed by atoms with van der Waals surface area (Å²) >= 11 is 0. The molecule has 2 N–H and O–H groups in total. The fourth-order valence-corrected chi connectivity index (χ4v) is 15.2. The number of aliphatic hydroxyl groups is 1. The van der Waals surface area contributed by atoms with Gasteiger partial charge in [0.25, 0.3) is 0 Å². The van der Waals surface area contributed by atoms with E-state index in [1.165, 1.54) is 125 Å². The number of hydrogen-bond donors (Lipinski definition) is 2. The summed E-state index contributed by atoms with van der Waals surface area (Å²) in [6, 6.07) is 15.7. The molecule has 4 heteroatoms. The predicted molar refractivity (Wildman–Crippen MR) is 218 cm³/mol. The molecule has 286 valence electrons. The Morgan fingerprint density at radius 1 is 0.769 bits per heavy atom. The number of rotatable bonds is 9. The first-order chi connectivity index (χ1) is 24.8. The van der Waals surface area contributed by atoms with E-state index in [2.05, 4.69) is 106 Å². The highest BCUT2D eigenvalue weighted by molar-refractivity contribution is 5.82. The van der Waals surface area contributed by atoms with Crippen LogP contribution in [0.4, 0.5) is 0 Å². The zero-order chi connectivity index (χ0) is 36.5. The van der Waals surface area contributed by atoms with E-state index < -0.39 is 0 Å². The smallest absolute Gasteiger partial charge is 0.0594 e. The minimum absolute atomic E-state index is 0.0318. The van der Waals surface area contributed by atoms with E-state index in [1.807, 2.05) is 0 Å². The van der Waals surface area contributed by atoms with Crippen molar-refractivity contribution >= 4 is 10.8 Å². The molecule has 5 aliphatic carbocycles. The minimum atomic E-state index is -0.141. The van der Waals surface area contributed by atoms with Crippen LogP contribution in [0.15, 0.2) is 54.6 Å². The average Bonchev–Trinajstić information content (AvgIpc) is 3.51. The van der Waals surface area contributed by atoms with Crippen molar-refractivity contribution in [3.63, 3.8) is 0 Å². The molecule has 10 atom stereocenters. The Kier molecular flexibility index (Phi) is 9.87. The zero-order valence-corrected chi connectivity index (χ0v) is 34.0. The molecule has 2 aromatic rings. The molecule has 5 saturated carbocycles. The van der Waals surface area contributed by atoms with E-state index in [4.69, 9.17) is 0 Å². The van der Waals surface area contributed by atoms with E-state index in [1.54, 1.807) is 0 Å². The maximum Gasteiger partial charge on any atom is 0.0594 e. The molecule has 2 aromatic carbocycles. The van der Waals surface area contributed by atoms with Crippen molar-refractivity contribution in [2.24, 2.45) is 56.7 Å². The number of piperazine rings is 1. The van der Waals surface area contributed by atoms with Crippen molar-refractivity contribution < 1.29 is 5.11 Å². The number of aliphatic hydroxyl groups excluding tert-OH is 1. The lowest BCUT2D eigenvalue weighted by Gasteiger charge is -2.73. The Balaban J connectivity index is 0.875. The van der Waals surface area contributed by atoms with Crippen LogP contribution >= 0.6 is 0 Å². The summed E-state index contributed by atoms with van der Waals surface area (Å²) in [6.45, 7) is 29.2. The standard InChI is InChI=1S/C48H73N3O/c1-34(2)38-16-21-48(24-25-49-26-27-50-28-30-51(31-29-50)33-35-12-13-36-10-8-9-11-37(36)32-35)23-22-46(6)39(43(38)48)14-15-41-45(5)19-18-42(52)44(3,4)40(45)17-20-47(41,46)7/h8-13,32,38-43,49,52H,1,14-31,33H2,2-7H3/t38-,39+,40-,41+,42-,43+,45-,46+,47+,48+/m0/s1. The number of hydrogen-bond acceptors (Lipinski definition) is 4. The molecule has 0 radical (unpaired) electrons. The van der Waals surface area contributed by atoms with E-state index in [0.717, 1.165) is 37.3 Å². The second-order valence-corrected chi connectivity index (χ2v) is 20.7. The lowest BCUT2D eigenvalue weighted by atomic mass is 9.32. The summed E-state index contributed by atoms with van der Waals surface area (Å²) in [5, 5.41) is 17.8. The van der Waals surface area contributed by atoms with Gasteiger partial charge in [0.15, 0.2) is 0 Å². The third-order valence-electron chi connectivity index (χ3n) is 18.3. The van der Waals surface area contributed by atoms with Crippen molar-refractivity contribution in [2.75, 3.05) is 45.8 Å². The third-order valence-corrected chi connectivity index (χ3v) is 18.3. The van der Waals surface area contributed by atoms with Crippen LogP contribution in [0.5, 0.6) is 0 Å². The molecule has 0 spiro atoms. The van der Waals surface area contributed by atoms with Crippen LogP contribution < -0.4 is 5.32 Å².